The van der Waals surface area contributed by atoms with E-state index in [-0.39, 0.29) is 24.2 Å². The molecule has 2 fully saturated rings. The average Bonchev–Trinajstić information content (AvgIpc) is 2.79. The van der Waals surface area contributed by atoms with Crippen LogP contribution < -0.4 is 10.2 Å². The van der Waals surface area contributed by atoms with E-state index in [0.717, 1.165) is 31.7 Å². The van der Waals surface area contributed by atoms with Gasteiger partial charge in [-0.2, -0.15) is 0 Å². The lowest BCUT2D eigenvalue weighted by molar-refractivity contribution is -0.139. The third-order valence-electron chi connectivity index (χ3n) is 5.03. The molecule has 1 aromatic rings. The number of rotatable bonds is 3. The van der Waals surface area contributed by atoms with Gasteiger partial charge in [-0.15, -0.1) is 12.4 Å². The minimum atomic E-state index is -0.507. The number of halogens is 1. The fourth-order valence-corrected chi connectivity index (χ4v) is 3.49. The highest BCUT2D eigenvalue weighted by molar-refractivity contribution is 6.09. The normalized spacial score (nSPS) is 21.2. The number of benzene rings is 1. The van der Waals surface area contributed by atoms with Crippen molar-refractivity contribution in [1.82, 2.24) is 10.2 Å². The van der Waals surface area contributed by atoms with Crippen molar-refractivity contribution in [3.8, 4) is 0 Å². The number of nitrogens with one attached hydrogen (secondary N) is 1. The summed E-state index contributed by atoms with van der Waals surface area (Å²) in [5.74, 6) is -0.0771. The van der Waals surface area contributed by atoms with E-state index in [1.807, 2.05) is 17.0 Å². The summed E-state index contributed by atoms with van der Waals surface area (Å²) in [5, 5.41) is 3.29. The summed E-state index contributed by atoms with van der Waals surface area (Å²) in [7, 11) is 0. The Hall–Kier alpha value is -1.59. The van der Waals surface area contributed by atoms with E-state index in [9.17, 15) is 9.59 Å². The van der Waals surface area contributed by atoms with E-state index in [4.69, 9.17) is 0 Å². The standard InChI is InChI=1S/C19H27N3O2.ClH/c1-14(2)15-4-6-16(7-5-15)22-12-8-17(19(22)24)18(23)21-11-3-9-20-10-13-21;/h4-7,14,17,20H,3,8-13H2,1-2H3;1H. The van der Waals surface area contributed by atoms with Crippen LogP contribution in [0.25, 0.3) is 0 Å². The molecule has 1 aromatic carbocycles. The quantitative estimate of drug-likeness (QED) is 0.837. The SMILES string of the molecule is CC(C)c1ccc(N2CCC(C(=O)N3CCCNCC3)C2=O)cc1.Cl. The molecule has 2 aliphatic rings. The summed E-state index contributed by atoms with van der Waals surface area (Å²) in [4.78, 5) is 29.1. The van der Waals surface area contributed by atoms with Crippen molar-refractivity contribution >= 4 is 29.9 Å². The Morgan fingerprint density at radius 3 is 2.52 bits per heavy atom. The molecule has 138 valence electrons. The lowest BCUT2D eigenvalue weighted by atomic mass is 10.0. The van der Waals surface area contributed by atoms with E-state index in [1.165, 1.54) is 5.56 Å². The van der Waals surface area contributed by atoms with Gasteiger partial charge in [0.05, 0.1) is 0 Å². The molecule has 3 rings (SSSR count). The molecule has 1 N–H and O–H groups in total. The molecule has 0 saturated carbocycles. The Labute approximate surface area is 156 Å². The van der Waals surface area contributed by atoms with Crippen LogP contribution in [0.4, 0.5) is 5.69 Å². The van der Waals surface area contributed by atoms with E-state index < -0.39 is 5.92 Å². The van der Waals surface area contributed by atoms with Crippen molar-refractivity contribution in [1.29, 1.82) is 0 Å². The fraction of sp³-hybridized carbons (Fsp3) is 0.579. The van der Waals surface area contributed by atoms with E-state index in [0.29, 0.717) is 25.4 Å². The van der Waals surface area contributed by atoms with Crippen LogP contribution in [-0.4, -0.2) is 49.4 Å². The van der Waals surface area contributed by atoms with Crippen molar-refractivity contribution in [2.75, 3.05) is 37.6 Å². The predicted molar refractivity (Wildman–Crippen MR) is 102 cm³/mol. The molecule has 6 heteroatoms. The zero-order chi connectivity index (χ0) is 17.1. The zero-order valence-corrected chi connectivity index (χ0v) is 15.8. The first kappa shape index (κ1) is 19.7. The highest BCUT2D eigenvalue weighted by Crippen LogP contribution is 2.28. The summed E-state index contributed by atoms with van der Waals surface area (Å²) in [5.41, 5.74) is 2.16. The monoisotopic (exact) mass is 365 g/mol. The van der Waals surface area contributed by atoms with Crippen LogP contribution in [0, 0.1) is 5.92 Å². The molecule has 0 bridgehead atoms. The van der Waals surface area contributed by atoms with Crippen LogP contribution in [0.5, 0.6) is 0 Å². The first-order valence-corrected chi connectivity index (χ1v) is 8.99. The van der Waals surface area contributed by atoms with Crippen LogP contribution in [0.1, 0.15) is 38.2 Å². The van der Waals surface area contributed by atoms with E-state index in [2.05, 4.69) is 31.3 Å². The van der Waals surface area contributed by atoms with Crippen molar-refractivity contribution in [3.63, 3.8) is 0 Å². The molecule has 2 saturated heterocycles. The van der Waals surface area contributed by atoms with Gasteiger partial charge in [0.15, 0.2) is 0 Å². The third-order valence-corrected chi connectivity index (χ3v) is 5.03. The number of nitrogens with zero attached hydrogens (tertiary/aromatic N) is 2. The minimum absolute atomic E-state index is 0. The number of hydrogen-bond acceptors (Lipinski definition) is 3. The summed E-state index contributed by atoms with van der Waals surface area (Å²) >= 11 is 0. The molecule has 2 amide bonds. The number of amides is 2. The van der Waals surface area contributed by atoms with Gasteiger partial charge in [0.2, 0.25) is 11.8 Å². The predicted octanol–water partition coefficient (Wildman–Crippen LogP) is 2.41. The molecule has 2 heterocycles. The summed E-state index contributed by atoms with van der Waals surface area (Å²) in [6.07, 6.45) is 1.57. The maximum absolute atomic E-state index is 12.8. The van der Waals surface area contributed by atoms with Crippen molar-refractivity contribution < 1.29 is 9.59 Å². The molecule has 2 aliphatic heterocycles. The third kappa shape index (κ3) is 4.33. The number of hydrogen-bond donors (Lipinski definition) is 1. The van der Waals surface area contributed by atoms with Gasteiger partial charge in [-0.3, -0.25) is 9.59 Å². The lowest BCUT2D eigenvalue weighted by Gasteiger charge is -2.23. The first-order valence-electron chi connectivity index (χ1n) is 8.99. The molecule has 0 radical (unpaired) electrons. The van der Waals surface area contributed by atoms with Gasteiger partial charge in [0.1, 0.15) is 5.92 Å². The minimum Gasteiger partial charge on any atom is -0.341 e. The Balaban J connectivity index is 0.00000225. The van der Waals surface area contributed by atoms with Crippen LogP contribution in [0.2, 0.25) is 0 Å². The molecule has 0 aromatic heterocycles. The highest BCUT2D eigenvalue weighted by atomic mass is 35.5. The van der Waals surface area contributed by atoms with Crippen LogP contribution in [0.3, 0.4) is 0 Å². The largest absolute Gasteiger partial charge is 0.341 e. The Kier molecular flexibility index (Phi) is 6.85. The second-order valence-electron chi connectivity index (χ2n) is 7.01. The number of anilines is 1. The van der Waals surface area contributed by atoms with Gasteiger partial charge in [-0.25, -0.2) is 0 Å². The van der Waals surface area contributed by atoms with Crippen molar-refractivity contribution in [2.24, 2.45) is 5.92 Å². The van der Waals surface area contributed by atoms with Gasteiger partial charge < -0.3 is 15.1 Å². The van der Waals surface area contributed by atoms with Gasteiger partial charge in [0, 0.05) is 31.9 Å². The fourth-order valence-electron chi connectivity index (χ4n) is 3.49. The second kappa shape index (κ2) is 8.68. The second-order valence-corrected chi connectivity index (χ2v) is 7.01. The van der Waals surface area contributed by atoms with Crippen molar-refractivity contribution in [2.45, 2.75) is 32.6 Å². The highest BCUT2D eigenvalue weighted by Gasteiger charge is 2.39. The van der Waals surface area contributed by atoms with Gasteiger partial charge in [-0.1, -0.05) is 26.0 Å². The summed E-state index contributed by atoms with van der Waals surface area (Å²) in [6, 6.07) is 8.14. The molecule has 0 spiro atoms. The smallest absolute Gasteiger partial charge is 0.239 e. The molecular weight excluding hydrogens is 338 g/mol. The van der Waals surface area contributed by atoms with Gasteiger partial charge in [0.25, 0.3) is 0 Å². The van der Waals surface area contributed by atoms with Crippen LogP contribution in [0.15, 0.2) is 24.3 Å². The summed E-state index contributed by atoms with van der Waals surface area (Å²) < 4.78 is 0. The molecule has 1 atom stereocenters. The Morgan fingerprint density at radius 2 is 1.84 bits per heavy atom. The van der Waals surface area contributed by atoms with E-state index in [1.54, 1.807) is 4.90 Å². The molecular formula is C19H28ClN3O2. The topological polar surface area (TPSA) is 52.7 Å². The Morgan fingerprint density at radius 1 is 1.12 bits per heavy atom. The Bertz CT molecular complexity index is 595. The molecule has 5 nitrogen and oxygen atoms in total. The summed E-state index contributed by atoms with van der Waals surface area (Å²) in [6.45, 7) is 8.14. The van der Waals surface area contributed by atoms with Gasteiger partial charge in [-0.05, 0) is 43.0 Å². The lowest BCUT2D eigenvalue weighted by Crippen LogP contribution is -2.41. The average molecular weight is 366 g/mol. The first-order chi connectivity index (χ1) is 11.6. The number of carbonyl (C=O) groups is 2. The maximum Gasteiger partial charge on any atom is 0.239 e. The number of carbonyl (C=O) groups excluding carboxylic acids is 2. The van der Waals surface area contributed by atoms with Gasteiger partial charge >= 0.3 is 0 Å². The van der Waals surface area contributed by atoms with Crippen LogP contribution >= 0.6 is 12.4 Å². The zero-order valence-electron chi connectivity index (χ0n) is 15.0. The molecule has 25 heavy (non-hydrogen) atoms. The van der Waals surface area contributed by atoms with Crippen LogP contribution in [-0.2, 0) is 9.59 Å². The molecule has 1 unspecified atom stereocenters. The van der Waals surface area contributed by atoms with Crippen molar-refractivity contribution in [3.05, 3.63) is 29.8 Å². The maximum atomic E-state index is 12.8. The molecule has 0 aliphatic carbocycles. The van der Waals surface area contributed by atoms with E-state index >= 15 is 0 Å².